The number of benzene rings is 4. The minimum absolute atomic E-state index is 0.0156. The first-order chi connectivity index (χ1) is 28.6. The lowest BCUT2D eigenvalue weighted by molar-refractivity contribution is -0.274. The number of aromatic nitrogens is 3. The fourth-order valence-electron chi connectivity index (χ4n) is 6.96. The standard InChI is InChI=1S/C43H40F3N5O8S/c1-26-7-15-32(16-8-26)60(53,54)51-37(35-25-49(2)36-22-40(58-6)39(57-5)21-34(35)36)20-33-27(17-18-47-41(33)51)23-50(24-28-9-12-31(55-3)19-38(28)56-4)42(52)48-29-10-13-30(14-11-29)59-43(44,45)46/h7-22,25H,23-24H2,1-6H3,(H,48,52). The number of hydrogen-bond donors (Lipinski definition) is 1. The molecule has 1 N–H and O–H groups in total. The molecule has 13 nitrogen and oxygen atoms in total. The van der Waals surface area contributed by atoms with Gasteiger partial charge in [0.15, 0.2) is 17.1 Å². The van der Waals surface area contributed by atoms with E-state index in [0.717, 1.165) is 23.2 Å². The Labute approximate surface area is 343 Å². The molecule has 7 aromatic rings. The van der Waals surface area contributed by atoms with Gasteiger partial charge in [0, 0.05) is 65.7 Å². The molecule has 0 unspecified atom stereocenters. The number of alkyl halides is 3. The topological polar surface area (TPSA) is 135 Å². The van der Waals surface area contributed by atoms with Crippen molar-refractivity contribution >= 4 is 43.7 Å². The van der Waals surface area contributed by atoms with Crippen LogP contribution in [0.3, 0.4) is 0 Å². The highest BCUT2D eigenvalue weighted by Gasteiger charge is 2.32. The first-order valence-electron chi connectivity index (χ1n) is 18.3. The van der Waals surface area contributed by atoms with Gasteiger partial charge in [-0.15, -0.1) is 13.2 Å². The fourth-order valence-corrected chi connectivity index (χ4v) is 8.44. The molecule has 4 aromatic carbocycles. The Morgan fingerprint density at radius 1 is 0.767 bits per heavy atom. The van der Waals surface area contributed by atoms with E-state index in [9.17, 15) is 26.4 Å². The number of ether oxygens (including phenoxy) is 5. The smallest absolute Gasteiger partial charge is 0.497 e. The van der Waals surface area contributed by atoms with Crippen molar-refractivity contribution in [2.45, 2.75) is 31.3 Å². The van der Waals surface area contributed by atoms with Crippen LogP contribution in [-0.2, 0) is 30.2 Å². The van der Waals surface area contributed by atoms with Crippen molar-refractivity contribution in [1.82, 2.24) is 18.4 Å². The van der Waals surface area contributed by atoms with E-state index in [1.165, 1.54) is 67.8 Å². The zero-order valence-corrected chi connectivity index (χ0v) is 34.1. The predicted octanol–water partition coefficient (Wildman–Crippen LogP) is 8.91. The maximum absolute atomic E-state index is 14.8. The van der Waals surface area contributed by atoms with Crippen molar-refractivity contribution in [2.24, 2.45) is 7.05 Å². The van der Waals surface area contributed by atoms with Crippen LogP contribution in [0.4, 0.5) is 23.7 Å². The molecule has 0 radical (unpaired) electrons. The van der Waals surface area contributed by atoms with E-state index in [1.54, 1.807) is 48.5 Å². The molecule has 0 saturated heterocycles. The van der Waals surface area contributed by atoms with Gasteiger partial charge in [-0.05, 0) is 79.2 Å². The predicted molar refractivity (Wildman–Crippen MR) is 219 cm³/mol. The van der Waals surface area contributed by atoms with E-state index < -0.39 is 28.2 Å². The van der Waals surface area contributed by atoms with Gasteiger partial charge in [-0.3, -0.25) is 0 Å². The van der Waals surface area contributed by atoms with Gasteiger partial charge >= 0.3 is 12.4 Å². The molecule has 0 saturated carbocycles. The second kappa shape index (κ2) is 16.4. The number of nitrogens with zero attached hydrogens (tertiary/aromatic N) is 4. The summed E-state index contributed by atoms with van der Waals surface area (Å²) in [4.78, 5) is 20.3. The number of carbonyl (C=O) groups is 1. The zero-order valence-electron chi connectivity index (χ0n) is 33.3. The molecule has 3 aromatic heterocycles. The van der Waals surface area contributed by atoms with Crippen LogP contribution in [0.2, 0.25) is 0 Å². The number of rotatable bonds is 13. The molecule has 0 aliphatic heterocycles. The van der Waals surface area contributed by atoms with Crippen molar-refractivity contribution in [3.05, 3.63) is 120 Å². The quantitative estimate of drug-likeness (QED) is 0.121. The molecule has 3 heterocycles. The molecule has 7 rings (SSSR count). The minimum Gasteiger partial charge on any atom is -0.497 e. The summed E-state index contributed by atoms with van der Waals surface area (Å²) in [5.74, 6) is 1.44. The number of pyridine rings is 1. The van der Waals surface area contributed by atoms with Crippen LogP contribution in [0, 0.1) is 6.92 Å². The molecular weight excluding hydrogens is 804 g/mol. The van der Waals surface area contributed by atoms with Gasteiger partial charge in [0.25, 0.3) is 10.0 Å². The maximum Gasteiger partial charge on any atom is 0.573 e. The number of aryl methyl sites for hydroxylation is 2. The highest BCUT2D eigenvalue weighted by molar-refractivity contribution is 7.90. The van der Waals surface area contributed by atoms with Gasteiger partial charge in [0.1, 0.15) is 17.2 Å². The van der Waals surface area contributed by atoms with Gasteiger partial charge in [-0.2, -0.15) is 0 Å². The Morgan fingerprint density at radius 3 is 2.07 bits per heavy atom. The maximum atomic E-state index is 14.8. The number of carbonyl (C=O) groups excluding carboxylic acids is 1. The number of urea groups is 1. The largest absolute Gasteiger partial charge is 0.573 e. The van der Waals surface area contributed by atoms with Crippen molar-refractivity contribution in [3.8, 4) is 40.0 Å². The van der Waals surface area contributed by atoms with Gasteiger partial charge in [0.2, 0.25) is 0 Å². The summed E-state index contributed by atoms with van der Waals surface area (Å²) in [7, 11) is 3.58. The zero-order chi connectivity index (χ0) is 42.9. The van der Waals surface area contributed by atoms with Crippen LogP contribution < -0.4 is 29.0 Å². The molecule has 0 spiro atoms. The highest BCUT2D eigenvalue weighted by atomic mass is 32.2. The number of fused-ring (bicyclic) bond motifs is 2. The number of amides is 2. The van der Waals surface area contributed by atoms with Gasteiger partial charge in [-0.1, -0.05) is 17.7 Å². The van der Waals surface area contributed by atoms with Crippen LogP contribution >= 0.6 is 0 Å². The summed E-state index contributed by atoms with van der Waals surface area (Å²) < 4.78 is 97.4. The van der Waals surface area contributed by atoms with E-state index in [1.807, 2.05) is 30.8 Å². The molecule has 0 aliphatic carbocycles. The highest BCUT2D eigenvalue weighted by Crippen LogP contribution is 2.41. The summed E-state index contributed by atoms with van der Waals surface area (Å²) in [5, 5.41) is 3.88. The summed E-state index contributed by atoms with van der Waals surface area (Å²) in [6.07, 6.45) is -1.59. The van der Waals surface area contributed by atoms with Crippen LogP contribution in [-0.4, -0.2) is 67.7 Å². The van der Waals surface area contributed by atoms with Gasteiger partial charge < -0.3 is 38.5 Å². The van der Waals surface area contributed by atoms with E-state index in [2.05, 4.69) is 15.0 Å². The third kappa shape index (κ3) is 8.20. The van der Waals surface area contributed by atoms with E-state index in [0.29, 0.717) is 56.2 Å². The second-order valence-corrected chi connectivity index (χ2v) is 15.5. The third-order valence-electron chi connectivity index (χ3n) is 9.92. The normalized spacial score (nSPS) is 11.8. The molecule has 312 valence electrons. The molecule has 0 atom stereocenters. The van der Waals surface area contributed by atoms with E-state index in [4.69, 9.17) is 18.9 Å². The average Bonchev–Trinajstić information content (AvgIpc) is 3.78. The molecule has 60 heavy (non-hydrogen) atoms. The summed E-state index contributed by atoms with van der Waals surface area (Å²) in [5.41, 5.74) is 3.93. The van der Waals surface area contributed by atoms with Crippen LogP contribution in [0.15, 0.2) is 108 Å². The van der Waals surface area contributed by atoms with E-state index >= 15 is 0 Å². The third-order valence-corrected chi connectivity index (χ3v) is 11.6. The lowest BCUT2D eigenvalue weighted by atomic mass is 10.1. The SMILES string of the molecule is COc1ccc(CN(Cc2ccnc3c2cc(-c2cn(C)c4cc(OC)c(OC)cc24)n3S(=O)(=O)c2ccc(C)cc2)C(=O)Nc2ccc(OC(F)(F)F)cc2)c(OC)c1. The number of hydrogen-bond acceptors (Lipinski definition) is 9. The summed E-state index contributed by atoms with van der Waals surface area (Å²) >= 11 is 0. The molecule has 2 amide bonds. The number of anilines is 1. The van der Waals surface area contributed by atoms with Crippen molar-refractivity contribution in [2.75, 3.05) is 33.8 Å². The second-order valence-electron chi connectivity index (χ2n) is 13.7. The first-order valence-corrected chi connectivity index (χ1v) is 19.7. The summed E-state index contributed by atoms with van der Waals surface area (Å²) in [6, 6.07) is 22.8. The molecule has 17 heteroatoms. The van der Waals surface area contributed by atoms with Crippen molar-refractivity contribution in [3.63, 3.8) is 0 Å². The van der Waals surface area contributed by atoms with Crippen LogP contribution in [0.25, 0.3) is 33.2 Å². The Kier molecular flexibility index (Phi) is 11.3. The summed E-state index contributed by atoms with van der Waals surface area (Å²) in [6.45, 7) is 1.77. The Morgan fingerprint density at radius 2 is 1.42 bits per heavy atom. The lowest BCUT2D eigenvalue weighted by Crippen LogP contribution is -2.34. The Hall–Kier alpha value is -6.88. The van der Waals surface area contributed by atoms with Crippen molar-refractivity contribution < 1.29 is 50.1 Å². The molecule has 0 aliphatic rings. The number of methoxy groups -OCH3 is 4. The first kappa shape index (κ1) is 41.3. The van der Waals surface area contributed by atoms with Crippen LogP contribution in [0.5, 0.6) is 28.7 Å². The van der Waals surface area contributed by atoms with Gasteiger partial charge in [0.05, 0.1) is 51.1 Å². The minimum atomic E-state index is -4.89. The monoisotopic (exact) mass is 843 g/mol. The van der Waals surface area contributed by atoms with Gasteiger partial charge in [-0.25, -0.2) is 22.2 Å². The number of halogens is 3. The van der Waals surface area contributed by atoms with Crippen molar-refractivity contribution in [1.29, 1.82) is 0 Å². The Balaban J connectivity index is 1.38. The lowest BCUT2D eigenvalue weighted by Gasteiger charge is -2.25. The van der Waals surface area contributed by atoms with Crippen LogP contribution in [0.1, 0.15) is 16.7 Å². The molecular formula is C43H40F3N5O8S. The molecule has 0 bridgehead atoms. The fraction of sp³-hybridized carbons (Fsp3) is 0.209. The average molecular weight is 844 g/mol. The number of nitrogens with one attached hydrogen (secondary N) is 1. The van der Waals surface area contributed by atoms with E-state index in [-0.39, 0.29) is 29.3 Å². The molecule has 0 fully saturated rings. The Bertz CT molecular complexity index is 2820.